The highest BCUT2D eigenvalue weighted by molar-refractivity contribution is 7.98. The maximum absolute atomic E-state index is 10.9. The number of nitrogens with zero attached hydrogens (tertiary/aromatic N) is 3. The number of aromatic nitrogens is 1. The van der Waals surface area contributed by atoms with Gasteiger partial charge >= 0.3 is 0 Å². The number of thioether (sulfide) groups is 1. The van der Waals surface area contributed by atoms with Crippen molar-refractivity contribution >= 4 is 63.0 Å². The van der Waals surface area contributed by atoms with E-state index < -0.39 is 0 Å². The van der Waals surface area contributed by atoms with E-state index in [1.807, 2.05) is 79.1 Å². The number of fused-ring (bicyclic) bond motifs is 1. The molecule has 4 aromatic rings. The molecule has 4 rings (SSSR count). The Morgan fingerprint density at radius 1 is 1.10 bits per heavy atom. The molecule has 3 aromatic carbocycles. The standard InChI is InChI=1S/C23H19ClN4OS2/c1-31-18-9-5-8-17(13-18)25-23(30)27-26-21-19-10-2-3-11-20(19)28(22(21)29)14-15-6-4-7-16(24)12-15/h2-13,29H,14H2,1H3,(H,25,30). The molecule has 0 aliphatic carbocycles. The number of aromatic hydroxyl groups is 1. The first kappa shape index (κ1) is 21.4. The van der Waals surface area contributed by atoms with Crippen molar-refractivity contribution in [2.24, 2.45) is 10.2 Å². The van der Waals surface area contributed by atoms with Gasteiger partial charge in [0, 0.05) is 21.0 Å². The topological polar surface area (TPSA) is 61.9 Å². The molecule has 5 nitrogen and oxygen atoms in total. The summed E-state index contributed by atoms with van der Waals surface area (Å²) in [5, 5.41) is 24.0. The summed E-state index contributed by atoms with van der Waals surface area (Å²) >= 11 is 13.1. The Kier molecular flexibility index (Phi) is 6.56. The highest BCUT2D eigenvalue weighted by Crippen LogP contribution is 2.39. The van der Waals surface area contributed by atoms with E-state index in [4.69, 9.17) is 23.8 Å². The smallest absolute Gasteiger partial charge is 0.221 e. The SMILES string of the molecule is CSc1cccc(NC(=S)N=Nc2c(O)n(Cc3cccc(Cl)c3)c3ccccc23)c1. The lowest BCUT2D eigenvalue weighted by molar-refractivity contribution is 0.429. The monoisotopic (exact) mass is 466 g/mol. The Morgan fingerprint density at radius 2 is 1.90 bits per heavy atom. The summed E-state index contributed by atoms with van der Waals surface area (Å²) in [5.74, 6) is 0.0251. The van der Waals surface area contributed by atoms with Gasteiger partial charge in [0.15, 0.2) is 5.69 Å². The second-order valence-electron chi connectivity index (χ2n) is 6.77. The van der Waals surface area contributed by atoms with E-state index in [1.54, 1.807) is 16.3 Å². The van der Waals surface area contributed by atoms with E-state index in [0.717, 1.165) is 27.0 Å². The molecular weight excluding hydrogens is 448 g/mol. The quantitative estimate of drug-likeness (QED) is 0.185. The molecule has 0 radical (unpaired) electrons. The Bertz CT molecular complexity index is 1290. The number of halogens is 1. The average molecular weight is 467 g/mol. The van der Waals surface area contributed by atoms with Crippen molar-refractivity contribution in [2.45, 2.75) is 11.4 Å². The molecule has 0 aliphatic heterocycles. The van der Waals surface area contributed by atoms with Crippen LogP contribution in [0.5, 0.6) is 5.88 Å². The molecular formula is C23H19ClN4OS2. The molecule has 0 amide bonds. The predicted molar refractivity (Wildman–Crippen MR) is 133 cm³/mol. The van der Waals surface area contributed by atoms with Crippen LogP contribution in [0.3, 0.4) is 0 Å². The Balaban J connectivity index is 1.63. The first-order valence-corrected chi connectivity index (χ1v) is 11.5. The van der Waals surface area contributed by atoms with Gasteiger partial charge in [0.2, 0.25) is 11.0 Å². The van der Waals surface area contributed by atoms with Crippen LogP contribution >= 0.6 is 35.6 Å². The molecule has 0 spiro atoms. The third-order valence-corrected chi connectivity index (χ3v) is 5.85. The lowest BCUT2D eigenvalue weighted by atomic mass is 10.2. The summed E-state index contributed by atoms with van der Waals surface area (Å²) in [6.45, 7) is 0.451. The van der Waals surface area contributed by atoms with E-state index in [-0.39, 0.29) is 11.0 Å². The zero-order valence-corrected chi connectivity index (χ0v) is 19.0. The van der Waals surface area contributed by atoms with Gasteiger partial charge in [-0.05, 0) is 60.4 Å². The number of nitrogens with one attached hydrogen (secondary N) is 1. The zero-order chi connectivity index (χ0) is 21.8. The van der Waals surface area contributed by atoms with Gasteiger partial charge in [-0.15, -0.1) is 22.0 Å². The van der Waals surface area contributed by atoms with Gasteiger partial charge in [0.25, 0.3) is 0 Å². The normalized spacial score (nSPS) is 11.3. The van der Waals surface area contributed by atoms with E-state index >= 15 is 0 Å². The van der Waals surface area contributed by atoms with Crippen LogP contribution in [0.4, 0.5) is 11.4 Å². The fourth-order valence-electron chi connectivity index (χ4n) is 3.29. The molecule has 8 heteroatoms. The van der Waals surface area contributed by atoms with Gasteiger partial charge in [0.1, 0.15) is 0 Å². The number of thiocarbonyl (C=S) groups is 1. The minimum Gasteiger partial charge on any atom is -0.493 e. The maximum atomic E-state index is 10.9. The molecule has 156 valence electrons. The van der Waals surface area contributed by atoms with Gasteiger partial charge in [-0.3, -0.25) is 0 Å². The maximum Gasteiger partial charge on any atom is 0.221 e. The van der Waals surface area contributed by atoms with Crippen molar-refractivity contribution in [3.05, 3.63) is 83.4 Å². The predicted octanol–water partition coefficient (Wildman–Crippen LogP) is 7.25. The van der Waals surface area contributed by atoms with Crippen molar-refractivity contribution in [3.63, 3.8) is 0 Å². The number of anilines is 1. The average Bonchev–Trinajstić information content (AvgIpc) is 3.03. The molecule has 0 aliphatic rings. The zero-order valence-electron chi connectivity index (χ0n) is 16.6. The Morgan fingerprint density at radius 3 is 2.71 bits per heavy atom. The van der Waals surface area contributed by atoms with Crippen LogP contribution < -0.4 is 5.32 Å². The second-order valence-corrected chi connectivity index (χ2v) is 8.47. The number of para-hydroxylation sites is 1. The van der Waals surface area contributed by atoms with E-state index in [0.29, 0.717) is 17.3 Å². The number of azo groups is 1. The fourth-order valence-corrected chi connectivity index (χ4v) is 4.12. The summed E-state index contributed by atoms with van der Waals surface area (Å²) in [7, 11) is 0. The third-order valence-electron chi connectivity index (χ3n) is 4.71. The van der Waals surface area contributed by atoms with Crippen LogP contribution in [-0.4, -0.2) is 21.0 Å². The van der Waals surface area contributed by atoms with Crippen molar-refractivity contribution in [1.82, 2.24) is 4.57 Å². The highest BCUT2D eigenvalue weighted by Gasteiger charge is 2.17. The Hall–Kier alpha value is -2.87. The molecule has 0 atom stereocenters. The van der Waals surface area contributed by atoms with E-state index in [9.17, 15) is 5.11 Å². The molecule has 31 heavy (non-hydrogen) atoms. The largest absolute Gasteiger partial charge is 0.493 e. The van der Waals surface area contributed by atoms with Gasteiger partial charge in [-0.1, -0.05) is 48.0 Å². The highest BCUT2D eigenvalue weighted by atomic mass is 35.5. The molecule has 0 saturated heterocycles. The van der Waals surface area contributed by atoms with Crippen LogP contribution in [0.2, 0.25) is 5.02 Å². The first-order chi connectivity index (χ1) is 15.0. The Labute approximate surface area is 194 Å². The molecule has 0 unspecified atom stereocenters. The van der Waals surface area contributed by atoms with Gasteiger partial charge in [-0.2, -0.15) is 0 Å². The summed E-state index contributed by atoms with van der Waals surface area (Å²) in [5.41, 5.74) is 3.03. The van der Waals surface area contributed by atoms with Gasteiger partial charge in [0.05, 0.1) is 12.1 Å². The van der Waals surface area contributed by atoms with Crippen molar-refractivity contribution < 1.29 is 5.11 Å². The summed E-state index contributed by atoms with van der Waals surface area (Å²) in [6.07, 6.45) is 2.01. The van der Waals surface area contributed by atoms with Crippen LogP contribution in [0.1, 0.15) is 5.56 Å². The van der Waals surface area contributed by atoms with Crippen LogP contribution in [0.25, 0.3) is 10.9 Å². The van der Waals surface area contributed by atoms with Crippen LogP contribution in [0, 0.1) is 0 Å². The van der Waals surface area contributed by atoms with Crippen molar-refractivity contribution in [3.8, 4) is 5.88 Å². The van der Waals surface area contributed by atoms with Gasteiger partial charge < -0.3 is 15.0 Å². The number of hydrogen-bond donors (Lipinski definition) is 2. The minimum absolute atomic E-state index is 0.0251. The van der Waals surface area contributed by atoms with Crippen molar-refractivity contribution in [1.29, 1.82) is 0 Å². The van der Waals surface area contributed by atoms with E-state index in [2.05, 4.69) is 15.5 Å². The summed E-state index contributed by atoms with van der Waals surface area (Å²) in [4.78, 5) is 1.12. The first-order valence-electron chi connectivity index (χ1n) is 9.46. The molecule has 2 N–H and O–H groups in total. The lowest BCUT2D eigenvalue weighted by Gasteiger charge is -2.07. The van der Waals surface area contributed by atoms with E-state index in [1.165, 1.54) is 0 Å². The molecule has 1 heterocycles. The minimum atomic E-state index is 0.0251. The van der Waals surface area contributed by atoms with Crippen molar-refractivity contribution in [2.75, 3.05) is 11.6 Å². The molecule has 0 fully saturated rings. The van der Waals surface area contributed by atoms with Gasteiger partial charge in [-0.25, -0.2) is 0 Å². The summed E-state index contributed by atoms with van der Waals surface area (Å²) in [6, 6.07) is 23.1. The third kappa shape index (κ3) is 4.90. The summed E-state index contributed by atoms with van der Waals surface area (Å²) < 4.78 is 1.79. The lowest BCUT2D eigenvalue weighted by Crippen LogP contribution is -2.04. The fraction of sp³-hybridized carbons (Fsp3) is 0.0870. The number of hydrogen-bond acceptors (Lipinski definition) is 4. The number of rotatable bonds is 5. The molecule has 1 aromatic heterocycles. The molecule has 0 saturated carbocycles. The second kappa shape index (κ2) is 9.51. The number of benzene rings is 3. The molecule has 0 bridgehead atoms. The van der Waals surface area contributed by atoms with Crippen LogP contribution in [-0.2, 0) is 6.54 Å². The van der Waals surface area contributed by atoms with Crippen LogP contribution in [0.15, 0.2) is 87.9 Å².